The standard InChI is InChI=1S/2C23H21N5O/c2*1-4-21-25-13-18-10-17(12-26-22(18)28-21)20-11-19(6-5-14(20)2)27-23(29)16-7-8-24-15(3)9-16/h2*5-13H,4H2,1-3H3,(H,27,29). The Bertz CT molecular complexity index is 2630. The molecule has 288 valence electrons. The van der Waals surface area contributed by atoms with Crippen LogP contribution >= 0.6 is 0 Å². The first-order valence-electron chi connectivity index (χ1n) is 19.0. The van der Waals surface area contributed by atoms with Crippen molar-refractivity contribution in [1.82, 2.24) is 39.9 Å². The number of pyridine rings is 4. The van der Waals surface area contributed by atoms with E-state index in [1.54, 1.807) is 36.7 Å². The van der Waals surface area contributed by atoms with E-state index in [-0.39, 0.29) is 11.8 Å². The Morgan fingerprint density at radius 1 is 0.500 bits per heavy atom. The molecule has 0 atom stereocenters. The first kappa shape index (κ1) is 38.9. The smallest absolute Gasteiger partial charge is 0.255 e. The molecule has 2 aromatic carbocycles. The van der Waals surface area contributed by atoms with Crippen molar-refractivity contribution >= 4 is 45.3 Å². The average molecular weight is 767 g/mol. The predicted octanol–water partition coefficient (Wildman–Crippen LogP) is 9.04. The number of anilines is 2. The van der Waals surface area contributed by atoms with Crippen molar-refractivity contribution in [3.05, 3.63) is 155 Å². The van der Waals surface area contributed by atoms with Crippen LogP contribution in [-0.2, 0) is 12.8 Å². The van der Waals surface area contributed by atoms with Gasteiger partial charge in [-0.25, -0.2) is 29.9 Å². The molecule has 8 rings (SSSR count). The molecule has 0 aliphatic carbocycles. The van der Waals surface area contributed by atoms with E-state index < -0.39 is 0 Å². The quantitative estimate of drug-likeness (QED) is 0.153. The van der Waals surface area contributed by atoms with E-state index in [0.29, 0.717) is 22.4 Å². The van der Waals surface area contributed by atoms with Gasteiger partial charge in [0, 0.05) is 106 Å². The van der Waals surface area contributed by atoms with E-state index >= 15 is 0 Å². The molecule has 6 heterocycles. The molecule has 0 aliphatic rings. The van der Waals surface area contributed by atoms with Gasteiger partial charge in [-0.3, -0.25) is 19.6 Å². The van der Waals surface area contributed by atoms with Gasteiger partial charge in [-0.05, 0) is 111 Å². The molecule has 58 heavy (non-hydrogen) atoms. The number of benzene rings is 2. The summed E-state index contributed by atoms with van der Waals surface area (Å²) in [5, 5.41) is 7.71. The fourth-order valence-corrected chi connectivity index (χ4v) is 6.35. The molecular weight excluding hydrogens is 725 g/mol. The number of hydrogen-bond acceptors (Lipinski definition) is 10. The van der Waals surface area contributed by atoms with Crippen molar-refractivity contribution in [2.45, 2.75) is 54.4 Å². The SMILES string of the molecule is CCc1ncc2cc(-c3cc(NC(=O)c4ccnc(C)c4)ccc3C)cnc2n1.CCc1ncc2cc(-c3cc(NC(=O)c4ccnc(C)c4)ccc3C)cnc2n1. The fourth-order valence-electron chi connectivity index (χ4n) is 6.35. The summed E-state index contributed by atoms with van der Waals surface area (Å²) in [5.74, 6) is 1.24. The molecule has 0 saturated heterocycles. The second-order valence-corrected chi connectivity index (χ2v) is 13.9. The molecule has 6 aromatic heterocycles. The summed E-state index contributed by atoms with van der Waals surface area (Å²) < 4.78 is 0. The number of nitrogens with one attached hydrogen (secondary N) is 2. The lowest BCUT2D eigenvalue weighted by atomic mass is 10.0. The number of aryl methyl sites for hydroxylation is 6. The summed E-state index contributed by atoms with van der Waals surface area (Å²) in [7, 11) is 0. The maximum atomic E-state index is 12.6. The van der Waals surface area contributed by atoms with Gasteiger partial charge >= 0.3 is 0 Å². The Morgan fingerprint density at radius 2 is 0.931 bits per heavy atom. The third-order valence-electron chi connectivity index (χ3n) is 9.53. The Hall–Kier alpha value is -7.34. The highest BCUT2D eigenvalue weighted by Gasteiger charge is 2.13. The van der Waals surface area contributed by atoms with Gasteiger partial charge in [0.1, 0.15) is 11.6 Å². The van der Waals surface area contributed by atoms with Crippen LogP contribution in [-0.4, -0.2) is 51.7 Å². The zero-order valence-corrected chi connectivity index (χ0v) is 33.2. The lowest BCUT2D eigenvalue weighted by molar-refractivity contribution is 0.101. The maximum Gasteiger partial charge on any atom is 0.255 e. The van der Waals surface area contributed by atoms with Crippen LogP contribution in [0.15, 0.2) is 110 Å². The summed E-state index contributed by atoms with van der Waals surface area (Å²) in [6, 6.07) is 22.7. The van der Waals surface area contributed by atoms with E-state index in [2.05, 4.69) is 50.5 Å². The minimum atomic E-state index is -0.164. The maximum absolute atomic E-state index is 12.6. The van der Waals surface area contributed by atoms with Gasteiger partial charge in [0.15, 0.2) is 11.3 Å². The molecule has 2 N–H and O–H groups in total. The fraction of sp³-hybridized carbons (Fsp3) is 0.174. The number of rotatable bonds is 8. The lowest BCUT2D eigenvalue weighted by Gasteiger charge is -2.11. The summed E-state index contributed by atoms with van der Waals surface area (Å²) in [5.41, 5.74) is 11.7. The van der Waals surface area contributed by atoms with Crippen molar-refractivity contribution in [2.75, 3.05) is 10.6 Å². The van der Waals surface area contributed by atoms with E-state index in [4.69, 9.17) is 0 Å². The molecule has 0 unspecified atom stereocenters. The van der Waals surface area contributed by atoms with Crippen molar-refractivity contribution in [3.8, 4) is 22.3 Å². The van der Waals surface area contributed by atoms with Crippen LogP contribution in [0.5, 0.6) is 0 Å². The molecule has 0 fully saturated rings. The Balaban J connectivity index is 0.000000177. The van der Waals surface area contributed by atoms with Crippen LogP contribution in [0.3, 0.4) is 0 Å². The van der Waals surface area contributed by atoms with Crippen LogP contribution in [0.2, 0.25) is 0 Å². The Labute approximate surface area is 336 Å². The monoisotopic (exact) mass is 766 g/mol. The Kier molecular flexibility index (Phi) is 11.5. The number of hydrogen-bond donors (Lipinski definition) is 2. The van der Waals surface area contributed by atoms with E-state index in [1.807, 2.05) is 115 Å². The predicted molar refractivity (Wildman–Crippen MR) is 228 cm³/mol. The van der Waals surface area contributed by atoms with Crippen molar-refractivity contribution < 1.29 is 9.59 Å². The highest BCUT2D eigenvalue weighted by molar-refractivity contribution is 6.05. The molecule has 8 aromatic rings. The molecule has 0 saturated carbocycles. The normalized spacial score (nSPS) is 10.9. The van der Waals surface area contributed by atoms with Gasteiger partial charge in [-0.2, -0.15) is 0 Å². The molecule has 0 bridgehead atoms. The number of nitrogens with zero attached hydrogens (tertiary/aromatic N) is 8. The summed E-state index contributed by atoms with van der Waals surface area (Å²) in [6.45, 7) is 11.8. The zero-order chi connectivity index (χ0) is 40.8. The molecule has 0 spiro atoms. The first-order valence-corrected chi connectivity index (χ1v) is 19.0. The summed E-state index contributed by atoms with van der Waals surface area (Å²) in [6.07, 6.45) is 12.1. The van der Waals surface area contributed by atoms with Crippen molar-refractivity contribution in [1.29, 1.82) is 0 Å². The number of carbonyl (C=O) groups is 2. The Morgan fingerprint density at radius 3 is 1.33 bits per heavy atom. The average Bonchev–Trinajstić information content (AvgIpc) is 3.24. The van der Waals surface area contributed by atoms with Gasteiger partial charge in [0.25, 0.3) is 11.8 Å². The van der Waals surface area contributed by atoms with Crippen LogP contribution in [0.4, 0.5) is 11.4 Å². The number of carbonyl (C=O) groups excluding carboxylic acids is 2. The largest absolute Gasteiger partial charge is 0.322 e. The topological polar surface area (TPSA) is 161 Å². The van der Waals surface area contributed by atoms with E-state index in [1.165, 1.54) is 0 Å². The zero-order valence-electron chi connectivity index (χ0n) is 33.2. The van der Waals surface area contributed by atoms with Crippen LogP contribution in [0.25, 0.3) is 44.3 Å². The molecule has 12 nitrogen and oxygen atoms in total. The van der Waals surface area contributed by atoms with Gasteiger partial charge in [0.05, 0.1) is 0 Å². The molecule has 0 aliphatic heterocycles. The van der Waals surface area contributed by atoms with E-state index in [0.717, 1.165) is 91.4 Å². The third kappa shape index (κ3) is 9.03. The minimum absolute atomic E-state index is 0.164. The minimum Gasteiger partial charge on any atom is -0.322 e. The van der Waals surface area contributed by atoms with Crippen molar-refractivity contribution in [2.24, 2.45) is 0 Å². The highest BCUT2D eigenvalue weighted by Crippen LogP contribution is 2.30. The first-order chi connectivity index (χ1) is 28.1. The van der Waals surface area contributed by atoms with Crippen LogP contribution in [0.1, 0.15) is 68.7 Å². The van der Waals surface area contributed by atoms with Gasteiger partial charge in [0.2, 0.25) is 0 Å². The van der Waals surface area contributed by atoms with E-state index in [9.17, 15) is 9.59 Å². The number of amides is 2. The van der Waals surface area contributed by atoms with Gasteiger partial charge < -0.3 is 10.6 Å². The second-order valence-electron chi connectivity index (χ2n) is 13.9. The third-order valence-corrected chi connectivity index (χ3v) is 9.53. The van der Waals surface area contributed by atoms with Gasteiger partial charge in [-0.15, -0.1) is 0 Å². The second kappa shape index (κ2) is 17.2. The number of aromatic nitrogens is 8. The molecule has 0 radical (unpaired) electrons. The van der Waals surface area contributed by atoms with Gasteiger partial charge in [-0.1, -0.05) is 26.0 Å². The highest BCUT2D eigenvalue weighted by atomic mass is 16.2. The summed E-state index contributed by atoms with van der Waals surface area (Å²) >= 11 is 0. The van der Waals surface area contributed by atoms with Crippen molar-refractivity contribution in [3.63, 3.8) is 0 Å². The molecule has 12 heteroatoms. The molecule has 2 amide bonds. The summed E-state index contributed by atoms with van der Waals surface area (Å²) in [4.78, 5) is 60.1. The molecular formula is C46H42N10O2. The lowest BCUT2D eigenvalue weighted by Crippen LogP contribution is -2.12. The number of fused-ring (bicyclic) bond motifs is 2. The van der Waals surface area contributed by atoms with Crippen LogP contribution in [0, 0.1) is 27.7 Å². The van der Waals surface area contributed by atoms with Crippen LogP contribution < -0.4 is 10.6 Å².